The minimum Gasteiger partial charge on any atom is -0.489 e. The van der Waals surface area contributed by atoms with Gasteiger partial charge < -0.3 is 4.74 Å². The number of hydrazine groups is 1. The van der Waals surface area contributed by atoms with Gasteiger partial charge in [-0.1, -0.05) is 6.92 Å². The Morgan fingerprint density at radius 2 is 2.06 bits per heavy atom. The summed E-state index contributed by atoms with van der Waals surface area (Å²) in [5.41, 5.74) is 4.03. The van der Waals surface area contributed by atoms with Crippen LogP contribution in [0.1, 0.15) is 45.2 Å². The number of nitrogens with zero attached hydrogens (tertiary/aromatic N) is 1. The molecule has 1 heterocycles. The van der Waals surface area contributed by atoms with E-state index in [1.54, 1.807) is 6.20 Å². The molecule has 4 heteroatoms. The van der Waals surface area contributed by atoms with Crippen LogP contribution in [0.25, 0.3) is 0 Å². The molecule has 1 aliphatic rings. The van der Waals surface area contributed by atoms with Crippen LogP contribution in [-0.2, 0) is 0 Å². The highest BCUT2D eigenvalue weighted by Crippen LogP contribution is 2.42. The summed E-state index contributed by atoms with van der Waals surface area (Å²) in [5, 5.41) is 0. The minimum atomic E-state index is 0.153. The summed E-state index contributed by atoms with van der Waals surface area (Å²) in [6, 6.07) is 2.19. The molecule has 18 heavy (non-hydrogen) atoms. The van der Waals surface area contributed by atoms with Gasteiger partial charge in [0, 0.05) is 6.20 Å². The van der Waals surface area contributed by atoms with Crippen LogP contribution in [-0.4, -0.2) is 11.1 Å². The van der Waals surface area contributed by atoms with Crippen molar-refractivity contribution in [2.75, 3.05) is 0 Å². The minimum absolute atomic E-state index is 0.153. The zero-order chi connectivity index (χ0) is 13.1. The Balaban J connectivity index is 2.14. The number of hydrogen-bond acceptors (Lipinski definition) is 4. The van der Waals surface area contributed by atoms with Crippen molar-refractivity contribution in [3.05, 3.63) is 24.0 Å². The Hall–Kier alpha value is -1.13. The molecule has 1 aliphatic carbocycles. The van der Waals surface area contributed by atoms with E-state index in [0.29, 0.717) is 5.92 Å². The molecule has 3 N–H and O–H groups in total. The Morgan fingerprint density at radius 1 is 1.33 bits per heavy atom. The lowest BCUT2D eigenvalue weighted by Crippen LogP contribution is -2.33. The fraction of sp³-hybridized carbons (Fsp3) is 0.643. The van der Waals surface area contributed by atoms with Crippen LogP contribution in [0.2, 0.25) is 0 Å². The van der Waals surface area contributed by atoms with Gasteiger partial charge in [0.2, 0.25) is 0 Å². The summed E-state index contributed by atoms with van der Waals surface area (Å²) >= 11 is 0. The molecular formula is C14H23N3O. The number of hydrogen-bond donors (Lipinski definition) is 2. The van der Waals surface area contributed by atoms with E-state index in [2.05, 4.69) is 17.3 Å². The summed E-state index contributed by atoms with van der Waals surface area (Å²) in [6.45, 7) is 6.27. The van der Waals surface area contributed by atoms with Gasteiger partial charge in [0.1, 0.15) is 5.75 Å². The third-order valence-electron chi connectivity index (χ3n) is 3.54. The number of nitrogens with two attached hydrogens (primary N) is 1. The van der Waals surface area contributed by atoms with E-state index in [4.69, 9.17) is 10.6 Å². The SMILES string of the molecule is CC(C)Oc1cncc(C(NN)C(C)C2CC2)c1. The molecule has 1 saturated carbocycles. The molecule has 0 aromatic carbocycles. The summed E-state index contributed by atoms with van der Waals surface area (Å²) in [7, 11) is 0. The van der Waals surface area contributed by atoms with Gasteiger partial charge in [-0.15, -0.1) is 0 Å². The zero-order valence-electron chi connectivity index (χ0n) is 11.4. The fourth-order valence-electron chi connectivity index (χ4n) is 2.39. The van der Waals surface area contributed by atoms with Crippen LogP contribution in [0.4, 0.5) is 0 Å². The van der Waals surface area contributed by atoms with Crippen LogP contribution in [0.15, 0.2) is 18.5 Å². The molecule has 0 radical (unpaired) electrons. The van der Waals surface area contributed by atoms with E-state index in [1.165, 1.54) is 12.8 Å². The highest BCUT2D eigenvalue weighted by atomic mass is 16.5. The Bertz CT molecular complexity index is 390. The van der Waals surface area contributed by atoms with Gasteiger partial charge in [0.05, 0.1) is 18.3 Å². The monoisotopic (exact) mass is 249 g/mol. The van der Waals surface area contributed by atoms with Crippen LogP contribution < -0.4 is 16.0 Å². The van der Waals surface area contributed by atoms with E-state index >= 15 is 0 Å². The highest BCUT2D eigenvalue weighted by Gasteiger charge is 2.33. The molecule has 2 rings (SSSR count). The topological polar surface area (TPSA) is 60.2 Å². The third-order valence-corrected chi connectivity index (χ3v) is 3.54. The van der Waals surface area contributed by atoms with E-state index in [9.17, 15) is 0 Å². The first-order valence-electron chi connectivity index (χ1n) is 6.69. The second-order valence-electron chi connectivity index (χ2n) is 5.46. The Labute approximate surface area is 109 Å². The van der Waals surface area contributed by atoms with Gasteiger partial charge >= 0.3 is 0 Å². The van der Waals surface area contributed by atoms with Crippen molar-refractivity contribution in [2.24, 2.45) is 17.7 Å². The molecule has 2 atom stereocenters. The number of rotatable bonds is 6. The number of nitrogens with one attached hydrogen (secondary N) is 1. The van der Waals surface area contributed by atoms with E-state index < -0.39 is 0 Å². The Morgan fingerprint density at radius 3 is 2.61 bits per heavy atom. The van der Waals surface area contributed by atoms with Gasteiger partial charge in [-0.2, -0.15) is 0 Å². The molecule has 0 amide bonds. The predicted molar refractivity (Wildman–Crippen MR) is 72.0 cm³/mol. The molecule has 2 unspecified atom stereocenters. The van der Waals surface area contributed by atoms with Gasteiger partial charge in [-0.25, -0.2) is 0 Å². The maximum absolute atomic E-state index is 5.70. The molecule has 100 valence electrons. The molecule has 4 nitrogen and oxygen atoms in total. The lowest BCUT2D eigenvalue weighted by molar-refractivity contribution is 0.240. The first-order valence-corrected chi connectivity index (χ1v) is 6.69. The average molecular weight is 249 g/mol. The van der Waals surface area contributed by atoms with E-state index in [-0.39, 0.29) is 12.1 Å². The summed E-state index contributed by atoms with van der Waals surface area (Å²) in [6.07, 6.45) is 6.41. The second kappa shape index (κ2) is 5.67. The second-order valence-corrected chi connectivity index (χ2v) is 5.46. The Kier molecular flexibility index (Phi) is 4.19. The fourth-order valence-corrected chi connectivity index (χ4v) is 2.39. The lowest BCUT2D eigenvalue weighted by Gasteiger charge is -2.23. The molecule has 1 aromatic rings. The quantitative estimate of drug-likeness (QED) is 0.600. The molecule has 1 fully saturated rings. The van der Waals surface area contributed by atoms with E-state index in [1.807, 2.05) is 26.1 Å². The summed E-state index contributed by atoms with van der Waals surface area (Å²) in [4.78, 5) is 4.25. The third kappa shape index (κ3) is 3.21. The van der Waals surface area contributed by atoms with Gasteiger partial charge in [-0.05, 0) is 50.2 Å². The molecule has 0 spiro atoms. The van der Waals surface area contributed by atoms with Crippen molar-refractivity contribution in [2.45, 2.75) is 45.8 Å². The molecule has 0 bridgehead atoms. The van der Waals surface area contributed by atoms with Gasteiger partial charge in [0.25, 0.3) is 0 Å². The van der Waals surface area contributed by atoms with Crippen molar-refractivity contribution >= 4 is 0 Å². The zero-order valence-corrected chi connectivity index (χ0v) is 11.4. The van der Waals surface area contributed by atoms with Crippen molar-refractivity contribution in [3.63, 3.8) is 0 Å². The molecule has 0 saturated heterocycles. The van der Waals surface area contributed by atoms with Crippen LogP contribution >= 0.6 is 0 Å². The molecular weight excluding hydrogens is 226 g/mol. The van der Waals surface area contributed by atoms with Crippen molar-refractivity contribution in [1.29, 1.82) is 0 Å². The lowest BCUT2D eigenvalue weighted by atomic mass is 9.92. The molecule has 1 aromatic heterocycles. The maximum atomic E-state index is 5.70. The first-order chi connectivity index (χ1) is 8.61. The largest absolute Gasteiger partial charge is 0.489 e. The van der Waals surface area contributed by atoms with E-state index in [0.717, 1.165) is 17.2 Å². The van der Waals surface area contributed by atoms with Crippen LogP contribution in [0.5, 0.6) is 5.75 Å². The van der Waals surface area contributed by atoms with Gasteiger partial charge in [-0.3, -0.25) is 16.3 Å². The predicted octanol–water partition coefficient (Wildman–Crippen LogP) is 2.42. The standard InChI is InChI=1S/C14H23N3O/c1-9(2)18-13-6-12(7-16-8-13)14(17-15)10(3)11-4-5-11/h6-11,14,17H,4-5,15H2,1-3H3. The summed E-state index contributed by atoms with van der Waals surface area (Å²) in [5.74, 6) is 7.84. The normalized spacial score (nSPS) is 18.7. The average Bonchev–Trinajstić information content (AvgIpc) is 3.13. The van der Waals surface area contributed by atoms with Crippen LogP contribution in [0.3, 0.4) is 0 Å². The van der Waals surface area contributed by atoms with Crippen molar-refractivity contribution < 1.29 is 4.74 Å². The van der Waals surface area contributed by atoms with Crippen molar-refractivity contribution in [1.82, 2.24) is 10.4 Å². The van der Waals surface area contributed by atoms with Gasteiger partial charge in [0.15, 0.2) is 0 Å². The highest BCUT2D eigenvalue weighted by molar-refractivity contribution is 5.26. The number of pyridine rings is 1. The smallest absolute Gasteiger partial charge is 0.138 e. The summed E-state index contributed by atoms with van der Waals surface area (Å²) < 4.78 is 5.67. The maximum Gasteiger partial charge on any atom is 0.138 e. The first kappa shape index (κ1) is 13.3. The number of ether oxygens (including phenoxy) is 1. The van der Waals surface area contributed by atoms with Crippen LogP contribution in [0, 0.1) is 11.8 Å². The van der Waals surface area contributed by atoms with Crippen molar-refractivity contribution in [3.8, 4) is 5.75 Å². The molecule has 0 aliphatic heterocycles. The number of aromatic nitrogens is 1.